The van der Waals surface area contributed by atoms with E-state index in [0.717, 1.165) is 22.5 Å². The Morgan fingerprint density at radius 2 is 2.00 bits per heavy atom. The zero-order chi connectivity index (χ0) is 18.0. The van der Waals surface area contributed by atoms with Gasteiger partial charge in [-0.05, 0) is 36.2 Å². The number of halogens is 1. The summed E-state index contributed by atoms with van der Waals surface area (Å²) in [6, 6.07) is 9.32. The fourth-order valence-electron chi connectivity index (χ4n) is 2.97. The summed E-state index contributed by atoms with van der Waals surface area (Å²) in [5, 5.41) is 38.0. The molecule has 1 aromatic heterocycles. The highest BCUT2D eigenvalue weighted by atomic mass is 35.5. The van der Waals surface area contributed by atoms with Crippen molar-refractivity contribution in [2.75, 3.05) is 6.61 Å². The lowest BCUT2D eigenvalue weighted by Gasteiger charge is -2.36. The fourth-order valence-corrected chi connectivity index (χ4v) is 3.15. The number of hydrogen-bond donors (Lipinski definition) is 3. The molecular formula is C18H21ClN2O4. The third-order valence-corrected chi connectivity index (χ3v) is 4.78. The first-order chi connectivity index (χ1) is 12.0. The predicted molar refractivity (Wildman–Crippen MR) is 92.4 cm³/mol. The van der Waals surface area contributed by atoms with Crippen molar-refractivity contribution in [3.8, 4) is 0 Å². The second-order valence-electron chi connectivity index (χ2n) is 6.33. The van der Waals surface area contributed by atoms with Gasteiger partial charge in [0.1, 0.15) is 12.2 Å². The zero-order valence-electron chi connectivity index (χ0n) is 13.8. The molecule has 1 fully saturated rings. The number of rotatable bonds is 4. The molecule has 1 aromatic carbocycles. The molecule has 0 unspecified atom stereocenters. The van der Waals surface area contributed by atoms with Gasteiger partial charge in [0.2, 0.25) is 0 Å². The van der Waals surface area contributed by atoms with Gasteiger partial charge in [-0.2, -0.15) is 10.2 Å². The van der Waals surface area contributed by atoms with Gasteiger partial charge in [-0.1, -0.05) is 23.7 Å². The van der Waals surface area contributed by atoms with Crippen molar-refractivity contribution in [2.24, 2.45) is 0 Å². The molecule has 1 saturated heterocycles. The van der Waals surface area contributed by atoms with Crippen LogP contribution in [-0.4, -0.2) is 50.4 Å². The lowest BCUT2D eigenvalue weighted by Crippen LogP contribution is -2.47. The molecule has 2 aromatic rings. The van der Waals surface area contributed by atoms with Gasteiger partial charge in [-0.15, -0.1) is 0 Å². The first-order valence-electron chi connectivity index (χ1n) is 8.18. The third-order valence-electron chi connectivity index (χ3n) is 4.42. The summed E-state index contributed by atoms with van der Waals surface area (Å²) in [6.07, 6.45) is -2.48. The van der Waals surface area contributed by atoms with Crippen LogP contribution in [0, 0.1) is 6.92 Å². The van der Waals surface area contributed by atoms with Gasteiger partial charge >= 0.3 is 0 Å². The summed E-state index contributed by atoms with van der Waals surface area (Å²) in [5.41, 5.74) is 3.37. The van der Waals surface area contributed by atoms with Gasteiger partial charge in [0.25, 0.3) is 0 Å². The molecule has 1 aliphatic heterocycles. The second-order valence-corrected chi connectivity index (χ2v) is 6.74. The monoisotopic (exact) mass is 364 g/mol. The Morgan fingerprint density at radius 1 is 1.20 bits per heavy atom. The molecule has 25 heavy (non-hydrogen) atoms. The van der Waals surface area contributed by atoms with Crippen LogP contribution in [0.5, 0.6) is 0 Å². The summed E-state index contributed by atoms with van der Waals surface area (Å²) < 4.78 is 5.73. The molecule has 0 aliphatic carbocycles. The SMILES string of the molecule is Cc1ccc(Cc2cc([C@H]3C[C@@H](O)[C@H](O)[C@@H](CO)O3)ccc2Cl)nn1. The molecule has 3 N–H and O–H groups in total. The minimum Gasteiger partial charge on any atom is -0.394 e. The maximum Gasteiger partial charge on any atom is 0.110 e. The zero-order valence-corrected chi connectivity index (χ0v) is 14.6. The van der Waals surface area contributed by atoms with Crippen LogP contribution in [0.2, 0.25) is 5.02 Å². The van der Waals surface area contributed by atoms with E-state index in [-0.39, 0.29) is 13.0 Å². The Balaban J connectivity index is 1.82. The van der Waals surface area contributed by atoms with Crippen molar-refractivity contribution in [1.82, 2.24) is 10.2 Å². The van der Waals surface area contributed by atoms with Crippen LogP contribution in [0.25, 0.3) is 0 Å². The van der Waals surface area contributed by atoms with Gasteiger partial charge in [-0.25, -0.2) is 0 Å². The van der Waals surface area contributed by atoms with E-state index in [0.29, 0.717) is 11.4 Å². The van der Waals surface area contributed by atoms with E-state index in [2.05, 4.69) is 10.2 Å². The van der Waals surface area contributed by atoms with E-state index < -0.39 is 24.4 Å². The Labute approximate surface area is 151 Å². The van der Waals surface area contributed by atoms with Crippen molar-refractivity contribution in [1.29, 1.82) is 0 Å². The lowest BCUT2D eigenvalue weighted by molar-refractivity contribution is -0.181. The molecule has 4 atom stereocenters. The van der Waals surface area contributed by atoms with Gasteiger partial charge in [0, 0.05) is 17.9 Å². The van der Waals surface area contributed by atoms with Gasteiger partial charge < -0.3 is 20.1 Å². The van der Waals surface area contributed by atoms with Crippen LogP contribution in [-0.2, 0) is 11.2 Å². The van der Waals surface area contributed by atoms with Crippen molar-refractivity contribution < 1.29 is 20.1 Å². The number of aliphatic hydroxyl groups is 3. The molecule has 0 radical (unpaired) electrons. The molecule has 7 heteroatoms. The highest BCUT2D eigenvalue weighted by molar-refractivity contribution is 6.31. The summed E-state index contributed by atoms with van der Waals surface area (Å²) in [5.74, 6) is 0. The average Bonchev–Trinajstić information content (AvgIpc) is 2.61. The Kier molecular flexibility index (Phi) is 5.66. The number of benzene rings is 1. The van der Waals surface area contributed by atoms with Crippen molar-refractivity contribution in [3.63, 3.8) is 0 Å². The van der Waals surface area contributed by atoms with Gasteiger partial charge in [-0.3, -0.25) is 0 Å². The summed E-state index contributed by atoms with van der Waals surface area (Å²) in [6.45, 7) is 1.52. The van der Waals surface area contributed by atoms with E-state index in [1.54, 1.807) is 6.07 Å². The minimum atomic E-state index is -1.09. The molecule has 0 bridgehead atoms. The molecule has 3 rings (SSSR count). The number of nitrogens with zero attached hydrogens (tertiary/aromatic N) is 2. The van der Waals surface area contributed by atoms with Crippen LogP contribution in [0.1, 0.15) is 35.0 Å². The van der Waals surface area contributed by atoms with Crippen molar-refractivity contribution in [2.45, 2.75) is 44.2 Å². The summed E-state index contributed by atoms with van der Waals surface area (Å²) in [4.78, 5) is 0. The number of ether oxygens (including phenoxy) is 1. The molecule has 0 amide bonds. The maximum absolute atomic E-state index is 10.0. The van der Waals surface area contributed by atoms with Crippen LogP contribution in [0.15, 0.2) is 30.3 Å². The number of aliphatic hydroxyl groups excluding tert-OH is 3. The lowest BCUT2D eigenvalue weighted by atomic mass is 9.93. The highest BCUT2D eigenvalue weighted by Gasteiger charge is 2.37. The average molecular weight is 365 g/mol. The van der Waals surface area contributed by atoms with Gasteiger partial charge in [0.05, 0.1) is 30.2 Å². The molecule has 2 heterocycles. The second kappa shape index (κ2) is 7.76. The molecule has 134 valence electrons. The Bertz CT molecular complexity index is 726. The number of hydrogen-bond acceptors (Lipinski definition) is 6. The van der Waals surface area contributed by atoms with Gasteiger partial charge in [0.15, 0.2) is 0 Å². The first-order valence-corrected chi connectivity index (χ1v) is 8.55. The quantitative estimate of drug-likeness (QED) is 0.762. The molecule has 6 nitrogen and oxygen atoms in total. The van der Waals surface area contributed by atoms with Crippen molar-refractivity contribution in [3.05, 3.63) is 57.9 Å². The van der Waals surface area contributed by atoms with E-state index in [1.807, 2.05) is 31.2 Å². The first kappa shape index (κ1) is 18.2. The molecule has 0 spiro atoms. The van der Waals surface area contributed by atoms with E-state index in [9.17, 15) is 15.3 Å². The molecular weight excluding hydrogens is 344 g/mol. The fraction of sp³-hybridized carbons (Fsp3) is 0.444. The Hall–Kier alpha value is -1.57. The number of aromatic nitrogens is 2. The van der Waals surface area contributed by atoms with Crippen LogP contribution < -0.4 is 0 Å². The van der Waals surface area contributed by atoms with Crippen LogP contribution in [0.3, 0.4) is 0 Å². The smallest absolute Gasteiger partial charge is 0.110 e. The Morgan fingerprint density at radius 3 is 2.68 bits per heavy atom. The minimum absolute atomic E-state index is 0.253. The normalized spacial score (nSPS) is 26.6. The van der Waals surface area contributed by atoms with E-state index in [4.69, 9.17) is 16.3 Å². The van der Waals surface area contributed by atoms with Crippen molar-refractivity contribution >= 4 is 11.6 Å². The van der Waals surface area contributed by atoms with Crippen LogP contribution in [0.4, 0.5) is 0 Å². The summed E-state index contributed by atoms with van der Waals surface area (Å²) in [7, 11) is 0. The topological polar surface area (TPSA) is 95.7 Å². The molecule has 1 aliphatic rings. The maximum atomic E-state index is 10.0. The standard InChI is InChI=1S/C18H21ClN2O4/c1-10-2-4-13(21-20-10)7-12-6-11(3-5-14(12)19)16-8-15(23)18(24)17(9-22)25-16/h2-6,15-18,22-24H,7-9H2,1H3/t15-,16-,17-,18+/m1/s1. The van der Waals surface area contributed by atoms with Crippen LogP contribution >= 0.6 is 11.6 Å². The third kappa shape index (κ3) is 4.16. The highest BCUT2D eigenvalue weighted by Crippen LogP contribution is 2.33. The summed E-state index contributed by atoms with van der Waals surface area (Å²) >= 11 is 6.31. The predicted octanol–water partition coefficient (Wildman–Crippen LogP) is 1.57. The van der Waals surface area contributed by atoms with E-state index >= 15 is 0 Å². The largest absolute Gasteiger partial charge is 0.394 e. The number of aryl methyl sites for hydroxylation is 1. The van der Waals surface area contributed by atoms with E-state index in [1.165, 1.54) is 0 Å². The molecule has 0 saturated carbocycles.